The molecular formula is C12H12Cl2N4O. The van der Waals surface area contributed by atoms with Crippen molar-refractivity contribution >= 4 is 46.2 Å². The van der Waals surface area contributed by atoms with E-state index in [-0.39, 0.29) is 5.91 Å². The summed E-state index contributed by atoms with van der Waals surface area (Å²) in [7, 11) is 1.79. The molecule has 0 spiro atoms. The highest BCUT2D eigenvalue weighted by Crippen LogP contribution is 2.64. The molecule has 1 N–H and O–H groups in total. The number of anilines is 1. The zero-order chi connectivity index (χ0) is 13.8. The van der Waals surface area contributed by atoms with E-state index in [1.165, 1.54) is 0 Å². The number of nitrogens with one attached hydrogen (secondary N) is 1. The molecule has 5 nitrogen and oxygen atoms in total. The van der Waals surface area contributed by atoms with Crippen molar-refractivity contribution in [1.29, 1.82) is 0 Å². The minimum Gasteiger partial charge on any atom is -0.298 e. The largest absolute Gasteiger partial charge is 0.298 e. The number of carbonyl (C=O) groups is 1. The van der Waals surface area contributed by atoms with Gasteiger partial charge in [0.25, 0.3) is 0 Å². The van der Waals surface area contributed by atoms with Crippen LogP contribution >= 0.6 is 23.2 Å². The molecule has 1 atom stereocenters. The number of carbonyl (C=O) groups excluding carboxylic acids is 1. The molecule has 1 aliphatic rings. The van der Waals surface area contributed by atoms with E-state index in [0.717, 1.165) is 5.52 Å². The molecule has 0 saturated heterocycles. The monoisotopic (exact) mass is 298 g/mol. The lowest BCUT2D eigenvalue weighted by atomic mass is 10.1. The number of hydrogen-bond acceptors (Lipinski definition) is 3. The molecule has 0 bridgehead atoms. The molecule has 3 rings (SSSR count). The Labute approximate surface area is 119 Å². The average molecular weight is 299 g/mol. The summed E-state index contributed by atoms with van der Waals surface area (Å²) in [6.07, 6.45) is 2.12. The number of rotatable bonds is 2. The van der Waals surface area contributed by atoms with Crippen molar-refractivity contribution in [3.8, 4) is 0 Å². The zero-order valence-electron chi connectivity index (χ0n) is 10.4. The maximum atomic E-state index is 12.2. The van der Waals surface area contributed by atoms with E-state index in [1.54, 1.807) is 30.8 Å². The van der Waals surface area contributed by atoms with Gasteiger partial charge in [-0.3, -0.25) is 14.7 Å². The summed E-state index contributed by atoms with van der Waals surface area (Å²) in [5.41, 5.74) is 0.674. The Kier molecular flexibility index (Phi) is 2.56. The normalized spacial score (nSPS) is 24.4. The van der Waals surface area contributed by atoms with Crippen molar-refractivity contribution in [1.82, 2.24) is 14.5 Å². The van der Waals surface area contributed by atoms with Crippen molar-refractivity contribution in [2.24, 2.45) is 12.5 Å². The van der Waals surface area contributed by atoms with Crippen molar-refractivity contribution in [3.05, 3.63) is 18.3 Å². The van der Waals surface area contributed by atoms with Gasteiger partial charge in [0, 0.05) is 13.2 Å². The van der Waals surface area contributed by atoms with Crippen LogP contribution in [-0.2, 0) is 11.8 Å². The van der Waals surface area contributed by atoms with E-state index in [9.17, 15) is 4.79 Å². The topological polar surface area (TPSA) is 59.8 Å². The van der Waals surface area contributed by atoms with E-state index < -0.39 is 9.75 Å². The van der Waals surface area contributed by atoms with Gasteiger partial charge < -0.3 is 0 Å². The number of aromatic nitrogens is 3. The van der Waals surface area contributed by atoms with Crippen molar-refractivity contribution in [3.63, 3.8) is 0 Å². The van der Waals surface area contributed by atoms with Gasteiger partial charge in [0.2, 0.25) is 11.9 Å². The van der Waals surface area contributed by atoms with Crippen LogP contribution in [0.25, 0.3) is 11.2 Å². The lowest BCUT2D eigenvalue weighted by molar-refractivity contribution is -0.120. The van der Waals surface area contributed by atoms with E-state index in [0.29, 0.717) is 18.0 Å². The number of pyridine rings is 1. The number of alkyl halides is 2. The highest BCUT2D eigenvalue weighted by Gasteiger charge is 2.68. The summed E-state index contributed by atoms with van der Waals surface area (Å²) in [4.78, 5) is 20.7. The number of fused-ring (bicyclic) bond motifs is 1. The number of hydrogen-bond donors (Lipinski definition) is 1. The number of halogens is 2. The van der Waals surface area contributed by atoms with Gasteiger partial charge in [-0.25, -0.2) is 9.97 Å². The fourth-order valence-electron chi connectivity index (χ4n) is 2.02. The molecule has 7 heteroatoms. The Morgan fingerprint density at radius 2 is 2.21 bits per heavy atom. The van der Waals surface area contributed by atoms with Crippen molar-refractivity contribution in [2.45, 2.75) is 17.7 Å². The quantitative estimate of drug-likeness (QED) is 0.867. The molecule has 2 heterocycles. The SMILES string of the molecule is Cn1c(NC(=O)[C@@]2(C)CC2(Cl)Cl)nc2cccnc21. The molecular weight excluding hydrogens is 287 g/mol. The first-order valence-electron chi connectivity index (χ1n) is 5.82. The fraction of sp³-hybridized carbons (Fsp3) is 0.417. The van der Waals surface area contributed by atoms with Crippen LogP contribution < -0.4 is 5.32 Å². The molecule has 0 aliphatic heterocycles. The van der Waals surface area contributed by atoms with Crippen LogP contribution in [0.5, 0.6) is 0 Å². The minimum absolute atomic E-state index is 0.226. The third-order valence-electron chi connectivity index (χ3n) is 3.61. The third-order valence-corrected chi connectivity index (χ3v) is 4.71. The predicted octanol–water partition coefficient (Wildman–Crippen LogP) is 2.49. The average Bonchev–Trinajstić information content (AvgIpc) is 2.73. The molecule has 1 aliphatic carbocycles. The summed E-state index contributed by atoms with van der Waals surface area (Å²) < 4.78 is 0.739. The van der Waals surface area contributed by atoms with Crippen LogP contribution in [0.2, 0.25) is 0 Å². The van der Waals surface area contributed by atoms with Gasteiger partial charge in [0.15, 0.2) is 5.65 Å². The first kappa shape index (κ1) is 12.7. The number of amides is 1. The van der Waals surface area contributed by atoms with Gasteiger partial charge in [-0.15, -0.1) is 23.2 Å². The Hall–Kier alpha value is -1.33. The van der Waals surface area contributed by atoms with E-state index >= 15 is 0 Å². The van der Waals surface area contributed by atoms with E-state index in [4.69, 9.17) is 23.2 Å². The van der Waals surface area contributed by atoms with Crippen LogP contribution in [0.1, 0.15) is 13.3 Å². The van der Waals surface area contributed by atoms with E-state index in [2.05, 4.69) is 15.3 Å². The van der Waals surface area contributed by atoms with Gasteiger partial charge >= 0.3 is 0 Å². The van der Waals surface area contributed by atoms with Crippen LogP contribution in [-0.4, -0.2) is 24.8 Å². The van der Waals surface area contributed by atoms with Gasteiger partial charge in [-0.1, -0.05) is 0 Å². The molecule has 1 amide bonds. The highest BCUT2D eigenvalue weighted by molar-refractivity contribution is 6.53. The standard InChI is InChI=1S/C12H12Cl2N4O/c1-11(6-12(11,13)14)9(19)17-10-16-7-4-3-5-15-8(7)18(10)2/h3-5H,6H2,1-2H3,(H,16,17,19)/t11-/m1/s1. The van der Waals surface area contributed by atoms with Crippen molar-refractivity contribution < 1.29 is 4.79 Å². The maximum absolute atomic E-state index is 12.2. The smallest absolute Gasteiger partial charge is 0.235 e. The van der Waals surface area contributed by atoms with Crippen LogP contribution in [0.3, 0.4) is 0 Å². The van der Waals surface area contributed by atoms with Gasteiger partial charge in [-0.2, -0.15) is 0 Å². The van der Waals surface area contributed by atoms with E-state index in [1.807, 2.05) is 6.07 Å². The molecule has 2 aromatic heterocycles. The maximum Gasteiger partial charge on any atom is 0.235 e. The van der Waals surface area contributed by atoms with Crippen LogP contribution in [0, 0.1) is 5.41 Å². The minimum atomic E-state index is -0.986. The zero-order valence-corrected chi connectivity index (χ0v) is 12.0. The Morgan fingerprint density at radius 3 is 2.79 bits per heavy atom. The second-order valence-corrected chi connectivity index (χ2v) is 6.49. The first-order chi connectivity index (χ1) is 8.85. The van der Waals surface area contributed by atoms with Gasteiger partial charge in [0.1, 0.15) is 9.85 Å². The Balaban J connectivity index is 1.91. The summed E-state index contributed by atoms with van der Waals surface area (Å²) >= 11 is 12.0. The number of nitrogens with zero attached hydrogens (tertiary/aromatic N) is 3. The molecule has 100 valence electrons. The fourth-order valence-corrected chi connectivity index (χ4v) is 2.73. The second-order valence-electron chi connectivity index (χ2n) is 5.01. The summed E-state index contributed by atoms with van der Waals surface area (Å²) in [5, 5.41) is 2.76. The Morgan fingerprint density at radius 1 is 1.53 bits per heavy atom. The second kappa shape index (κ2) is 3.84. The van der Waals surface area contributed by atoms with Gasteiger partial charge in [-0.05, 0) is 25.5 Å². The molecule has 1 saturated carbocycles. The predicted molar refractivity (Wildman–Crippen MR) is 74.3 cm³/mol. The molecule has 19 heavy (non-hydrogen) atoms. The molecule has 1 fully saturated rings. The Bertz CT molecular complexity index is 681. The summed E-state index contributed by atoms with van der Waals surface area (Å²) in [6.45, 7) is 1.74. The number of aryl methyl sites for hydroxylation is 1. The molecule has 0 unspecified atom stereocenters. The van der Waals surface area contributed by atoms with Crippen LogP contribution in [0.15, 0.2) is 18.3 Å². The molecule has 0 aromatic carbocycles. The van der Waals surface area contributed by atoms with Crippen molar-refractivity contribution in [2.75, 3.05) is 5.32 Å². The third kappa shape index (κ3) is 1.80. The molecule has 2 aromatic rings. The number of imidazole rings is 1. The molecule has 0 radical (unpaired) electrons. The summed E-state index contributed by atoms with van der Waals surface area (Å²) in [5.74, 6) is 0.215. The highest BCUT2D eigenvalue weighted by atomic mass is 35.5. The van der Waals surface area contributed by atoms with Crippen LogP contribution in [0.4, 0.5) is 5.95 Å². The first-order valence-corrected chi connectivity index (χ1v) is 6.57. The lowest BCUT2D eigenvalue weighted by Gasteiger charge is -2.11. The van der Waals surface area contributed by atoms with Gasteiger partial charge in [0.05, 0.1) is 5.41 Å². The lowest BCUT2D eigenvalue weighted by Crippen LogP contribution is -2.27. The summed E-state index contributed by atoms with van der Waals surface area (Å²) in [6, 6.07) is 3.63.